The summed E-state index contributed by atoms with van der Waals surface area (Å²) in [5.74, 6) is -0.621. The maximum Gasteiger partial charge on any atom is 0.258 e. The molecule has 0 bridgehead atoms. The molecule has 0 unspecified atom stereocenters. The number of nitrogens with zero attached hydrogens (tertiary/aromatic N) is 1. The fraction of sp³-hybridized carbons (Fsp3) is 0.0952. The first-order chi connectivity index (χ1) is 12.4. The van der Waals surface area contributed by atoms with E-state index in [2.05, 4.69) is 0 Å². The number of aryl methyl sites for hydroxylation is 1. The Morgan fingerprint density at radius 2 is 1.62 bits per heavy atom. The summed E-state index contributed by atoms with van der Waals surface area (Å²) in [4.78, 5) is 14.7. The summed E-state index contributed by atoms with van der Waals surface area (Å²) in [5.41, 5.74) is 2.99. The normalized spacial score (nSPS) is 10.6. The number of amides is 1. The Bertz CT molecular complexity index is 924. The van der Waals surface area contributed by atoms with Gasteiger partial charge in [-0.1, -0.05) is 47.0 Å². The number of anilines is 1. The van der Waals surface area contributed by atoms with Crippen molar-refractivity contribution in [3.63, 3.8) is 0 Å². The highest BCUT2D eigenvalue weighted by Crippen LogP contribution is 2.26. The van der Waals surface area contributed by atoms with Gasteiger partial charge < -0.3 is 4.90 Å². The van der Waals surface area contributed by atoms with Crippen molar-refractivity contribution < 1.29 is 9.18 Å². The molecule has 0 N–H and O–H groups in total. The summed E-state index contributed by atoms with van der Waals surface area (Å²) >= 11 is 12.2. The van der Waals surface area contributed by atoms with Gasteiger partial charge in [0.05, 0.1) is 6.54 Å². The summed E-state index contributed by atoms with van der Waals surface area (Å²) in [5, 5.41) is 1.02. The van der Waals surface area contributed by atoms with Crippen molar-refractivity contribution in [3.05, 3.63) is 99.3 Å². The molecule has 0 heterocycles. The molecule has 0 saturated carbocycles. The number of benzene rings is 3. The number of rotatable bonds is 4. The summed E-state index contributed by atoms with van der Waals surface area (Å²) in [6.07, 6.45) is 0. The molecule has 0 aliphatic heterocycles. The van der Waals surface area contributed by atoms with Crippen LogP contribution >= 0.6 is 23.2 Å². The van der Waals surface area contributed by atoms with E-state index in [0.29, 0.717) is 15.6 Å². The van der Waals surface area contributed by atoms with Gasteiger partial charge in [-0.05, 0) is 61.0 Å². The van der Waals surface area contributed by atoms with Crippen molar-refractivity contribution in [1.82, 2.24) is 0 Å². The van der Waals surface area contributed by atoms with Gasteiger partial charge in [-0.15, -0.1) is 0 Å². The van der Waals surface area contributed by atoms with Crippen molar-refractivity contribution in [2.75, 3.05) is 4.90 Å². The second-order valence-electron chi connectivity index (χ2n) is 5.97. The topological polar surface area (TPSA) is 20.3 Å². The third-order valence-electron chi connectivity index (χ3n) is 4.03. The van der Waals surface area contributed by atoms with Gasteiger partial charge in [-0.25, -0.2) is 4.39 Å². The molecular weight excluding hydrogens is 372 g/mol. The van der Waals surface area contributed by atoms with Crippen LogP contribution in [0, 0.1) is 12.7 Å². The molecule has 1 amide bonds. The van der Waals surface area contributed by atoms with Crippen molar-refractivity contribution >= 4 is 34.8 Å². The van der Waals surface area contributed by atoms with Crippen LogP contribution in [0.1, 0.15) is 21.5 Å². The minimum absolute atomic E-state index is 0.236. The minimum atomic E-state index is -0.385. The number of hydrogen-bond donors (Lipinski definition) is 0. The fourth-order valence-electron chi connectivity index (χ4n) is 2.57. The predicted molar refractivity (Wildman–Crippen MR) is 105 cm³/mol. The van der Waals surface area contributed by atoms with Crippen LogP contribution in [0.2, 0.25) is 10.0 Å². The minimum Gasteiger partial charge on any atom is -0.304 e. The predicted octanol–water partition coefficient (Wildman–Crippen LogP) is 6.29. The monoisotopic (exact) mass is 387 g/mol. The van der Waals surface area contributed by atoms with Crippen LogP contribution < -0.4 is 4.90 Å². The largest absolute Gasteiger partial charge is 0.304 e. The molecule has 0 aliphatic rings. The van der Waals surface area contributed by atoms with E-state index in [1.54, 1.807) is 23.1 Å². The zero-order chi connectivity index (χ0) is 18.7. The SMILES string of the molecule is Cc1ccc(N(Cc2ccc(Cl)cc2Cl)C(=O)c2ccc(F)cc2)cc1. The Morgan fingerprint density at radius 1 is 0.962 bits per heavy atom. The third-order valence-corrected chi connectivity index (χ3v) is 4.61. The molecule has 3 aromatic carbocycles. The van der Waals surface area contributed by atoms with E-state index in [0.717, 1.165) is 16.8 Å². The average Bonchev–Trinajstić information content (AvgIpc) is 2.62. The van der Waals surface area contributed by atoms with Gasteiger partial charge in [0, 0.05) is 21.3 Å². The molecule has 0 spiro atoms. The summed E-state index contributed by atoms with van der Waals surface area (Å²) < 4.78 is 13.2. The Kier molecular flexibility index (Phi) is 5.60. The lowest BCUT2D eigenvalue weighted by Crippen LogP contribution is -2.30. The van der Waals surface area contributed by atoms with E-state index < -0.39 is 0 Å². The molecule has 2 nitrogen and oxygen atoms in total. The van der Waals surface area contributed by atoms with Crippen molar-refractivity contribution in [2.45, 2.75) is 13.5 Å². The van der Waals surface area contributed by atoms with E-state index in [-0.39, 0.29) is 18.3 Å². The van der Waals surface area contributed by atoms with Crippen molar-refractivity contribution in [2.24, 2.45) is 0 Å². The molecular formula is C21H16Cl2FNO. The first kappa shape index (κ1) is 18.4. The van der Waals surface area contributed by atoms with Crippen LogP contribution in [0.15, 0.2) is 66.7 Å². The maximum absolute atomic E-state index is 13.2. The smallest absolute Gasteiger partial charge is 0.258 e. The molecule has 5 heteroatoms. The van der Waals surface area contributed by atoms with Gasteiger partial charge in [0.1, 0.15) is 5.82 Å². The Morgan fingerprint density at radius 3 is 2.23 bits per heavy atom. The summed E-state index contributed by atoms with van der Waals surface area (Å²) in [6.45, 7) is 2.25. The quantitative estimate of drug-likeness (QED) is 0.515. The molecule has 0 atom stereocenters. The van der Waals surface area contributed by atoms with E-state index in [9.17, 15) is 9.18 Å². The zero-order valence-electron chi connectivity index (χ0n) is 14.0. The molecule has 0 saturated heterocycles. The lowest BCUT2D eigenvalue weighted by molar-refractivity contribution is 0.0985. The first-order valence-electron chi connectivity index (χ1n) is 8.02. The van der Waals surface area contributed by atoms with Crippen LogP contribution in [0.25, 0.3) is 0 Å². The highest BCUT2D eigenvalue weighted by atomic mass is 35.5. The van der Waals surface area contributed by atoms with E-state index in [1.807, 2.05) is 31.2 Å². The van der Waals surface area contributed by atoms with Gasteiger partial charge >= 0.3 is 0 Å². The summed E-state index contributed by atoms with van der Waals surface area (Å²) in [7, 11) is 0. The van der Waals surface area contributed by atoms with Gasteiger partial charge in [0.25, 0.3) is 5.91 Å². The van der Waals surface area contributed by atoms with Crippen LogP contribution in [0.4, 0.5) is 10.1 Å². The Labute approximate surface area is 161 Å². The molecule has 3 rings (SSSR count). The van der Waals surface area contributed by atoms with Gasteiger partial charge in [-0.2, -0.15) is 0 Å². The number of carbonyl (C=O) groups is 1. The number of carbonyl (C=O) groups excluding carboxylic acids is 1. The zero-order valence-corrected chi connectivity index (χ0v) is 15.6. The third kappa shape index (κ3) is 4.24. The highest BCUT2D eigenvalue weighted by Gasteiger charge is 2.19. The van der Waals surface area contributed by atoms with Gasteiger partial charge in [-0.3, -0.25) is 4.79 Å². The average molecular weight is 388 g/mol. The molecule has 3 aromatic rings. The Balaban J connectivity index is 1.99. The van der Waals surface area contributed by atoms with E-state index in [4.69, 9.17) is 23.2 Å². The lowest BCUT2D eigenvalue weighted by Gasteiger charge is -2.24. The molecule has 0 aliphatic carbocycles. The highest BCUT2D eigenvalue weighted by molar-refractivity contribution is 6.35. The lowest BCUT2D eigenvalue weighted by atomic mass is 10.1. The second-order valence-corrected chi connectivity index (χ2v) is 6.81. The first-order valence-corrected chi connectivity index (χ1v) is 8.77. The second kappa shape index (κ2) is 7.90. The molecule has 26 heavy (non-hydrogen) atoms. The van der Waals surface area contributed by atoms with Crippen LogP contribution in [0.5, 0.6) is 0 Å². The molecule has 132 valence electrons. The van der Waals surface area contributed by atoms with Crippen molar-refractivity contribution in [1.29, 1.82) is 0 Å². The van der Waals surface area contributed by atoms with Gasteiger partial charge in [0.2, 0.25) is 0 Å². The van der Waals surface area contributed by atoms with E-state index in [1.165, 1.54) is 24.3 Å². The standard InChI is InChI=1S/C21H16Cl2FNO/c1-14-2-10-19(11-3-14)25(13-16-4-7-17(22)12-20(16)23)21(26)15-5-8-18(24)9-6-15/h2-12H,13H2,1H3. The van der Waals surface area contributed by atoms with E-state index >= 15 is 0 Å². The van der Waals surface area contributed by atoms with Crippen LogP contribution in [-0.4, -0.2) is 5.91 Å². The summed E-state index contributed by atoms with van der Waals surface area (Å²) in [6, 6.07) is 18.3. The Hall–Kier alpha value is -2.36. The van der Waals surface area contributed by atoms with Crippen LogP contribution in [0.3, 0.4) is 0 Å². The van der Waals surface area contributed by atoms with Crippen LogP contribution in [-0.2, 0) is 6.54 Å². The maximum atomic E-state index is 13.2. The molecule has 0 fully saturated rings. The van der Waals surface area contributed by atoms with Crippen molar-refractivity contribution in [3.8, 4) is 0 Å². The van der Waals surface area contributed by atoms with Gasteiger partial charge in [0.15, 0.2) is 0 Å². The molecule has 0 aromatic heterocycles. The number of halogens is 3. The fourth-order valence-corrected chi connectivity index (χ4v) is 3.04. The number of hydrogen-bond acceptors (Lipinski definition) is 1. The molecule has 0 radical (unpaired) electrons.